The van der Waals surface area contributed by atoms with Gasteiger partial charge in [0.1, 0.15) is 0 Å². The lowest BCUT2D eigenvalue weighted by Gasteiger charge is -2.16. The topological polar surface area (TPSA) is 71.1 Å². The average molecular weight is 472 g/mol. The largest absolute Gasteiger partial charge is 0.308 e. The Morgan fingerprint density at radius 1 is 1.10 bits per heavy atom. The van der Waals surface area contributed by atoms with Crippen LogP contribution in [0, 0.1) is 6.92 Å². The quantitative estimate of drug-likeness (QED) is 0.498. The van der Waals surface area contributed by atoms with E-state index in [2.05, 4.69) is 35.2 Å². The van der Waals surface area contributed by atoms with Crippen molar-refractivity contribution >= 4 is 43.8 Å². The normalized spacial score (nSPS) is 13.5. The van der Waals surface area contributed by atoms with Crippen LogP contribution in [0.2, 0.25) is 0 Å². The van der Waals surface area contributed by atoms with Crippen molar-refractivity contribution in [1.82, 2.24) is 9.71 Å². The number of nitrogens with one attached hydrogen (secondary N) is 2. The first-order valence-electron chi connectivity index (χ1n) is 10.4. The number of benzene rings is 2. The molecule has 0 bridgehead atoms. The van der Waals surface area contributed by atoms with Crippen LogP contribution in [-0.2, 0) is 29.3 Å². The maximum absolute atomic E-state index is 12.6. The second-order valence-corrected chi connectivity index (χ2v) is 10.9. The zero-order valence-electron chi connectivity index (χ0n) is 17.6. The minimum Gasteiger partial charge on any atom is -0.308 e. The number of thiazole rings is 1. The summed E-state index contributed by atoms with van der Waals surface area (Å²) in [6.07, 6.45) is 5.59. The number of sulfonamides is 1. The van der Waals surface area contributed by atoms with Crippen molar-refractivity contribution < 1.29 is 8.42 Å². The third-order valence-corrected chi connectivity index (χ3v) is 8.23. The third-order valence-electron chi connectivity index (χ3n) is 5.42. The molecule has 0 saturated heterocycles. The zero-order chi connectivity index (χ0) is 22.0. The van der Waals surface area contributed by atoms with E-state index in [0.717, 1.165) is 41.0 Å². The molecule has 2 N–H and O–H groups in total. The molecule has 1 aliphatic carbocycles. The molecule has 0 saturated carbocycles. The van der Waals surface area contributed by atoms with Gasteiger partial charge < -0.3 is 5.32 Å². The van der Waals surface area contributed by atoms with E-state index >= 15 is 0 Å². The number of rotatable bonds is 5. The van der Waals surface area contributed by atoms with Gasteiger partial charge >= 0.3 is 0 Å². The Labute approximate surface area is 193 Å². The minimum atomic E-state index is -3.74. The van der Waals surface area contributed by atoms with Crippen molar-refractivity contribution in [3.8, 4) is 11.3 Å². The van der Waals surface area contributed by atoms with E-state index in [1.54, 1.807) is 24.3 Å². The van der Waals surface area contributed by atoms with Crippen LogP contribution in [0.1, 0.15) is 41.3 Å². The minimum absolute atomic E-state index is 0.00830. The van der Waals surface area contributed by atoms with Crippen LogP contribution in [0.5, 0.6) is 0 Å². The second kappa shape index (κ2) is 9.06. The highest BCUT2D eigenvalue weighted by atomic mass is 32.2. The molecule has 0 atom stereocenters. The molecular weight excluding hydrogens is 446 g/mol. The molecule has 5 nitrogen and oxygen atoms in total. The summed E-state index contributed by atoms with van der Waals surface area (Å²) in [6, 6.07) is 13.2. The Bertz CT molecular complexity index is 1220. The molecule has 1 aromatic heterocycles. The van der Waals surface area contributed by atoms with Crippen LogP contribution in [-0.4, -0.2) is 18.5 Å². The van der Waals surface area contributed by atoms with Gasteiger partial charge in [-0.25, -0.2) is 13.4 Å². The standard InChI is InChI=1S/C23H25N3O2S3/c1-3-20-21(18-11-10-16-6-4-5-7-17(16)14-18)24-23(30-20)25-22(29)26-31(27,28)19-12-8-15(2)9-13-19/h8-14H,3-7H2,1-2H3,(H2,24,25,26,29). The maximum Gasteiger partial charge on any atom is 0.263 e. The summed E-state index contributed by atoms with van der Waals surface area (Å²) in [6.45, 7) is 4.00. The summed E-state index contributed by atoms with van der Waals surface area (Å²) >= 11 is 6.76. The molecule has 0 radical (unpaired) electrons. The van der Waals surface area contributed by atoms with Crippen LogP contribution >= 0.6 is 23.6 Å². The fourth-order valence-corrected chi connectivity index (χ4v) is 6.10. The molecular formula is C23H25N3O2S3. The van der Waals surface area contributed by atoms with Crippen molar-refractivity contribution in [1.29, 1.82) is 0 Å². The summed E-state index contributed by atoms with van der Waals surface area (Å²) in [4.78, 5) is 6.05. The van der Waals surface area contributed by atoms with Gasteiger partial charge in [0.05, 0.1) is 10.6 Å². The highest BCUT2D eigenvalue weighted by Crippen LogP contribution is 2.34. The lowest BCUT2D eigenvalue weighted by atomic mass is 9.90. The van der Waals surface area contributed by atoms with Crippen LogP contribution in [0.4, 0.5) is 5.13 Å². The molecule has 1 heterocycles. The number of thiocarbonyl (C=S) groups is 1. The Balaban J connectivity index is 1.52. The van der Waals surface area contributed by atoms with E-state index in [9.17, 15) is 8.42 Å². The molecule has 4 rings (SSSR count). The van der Waals surface area contributed by atoms with Crippen molar-refractivity contribution in [2.24, 2.45) is 0 Å². The van der Waals surface area contributed by atoms with Crippen molar-refractivity contribution in [2.75, 3.05) is 5.32 Å². The molecule has 31 heavy (non-hydrogen) atoms. The van der Waals surface area contributed by atoms with Gasteiger partial charge in [-0.3, -0.25) is 4.72 Å². The van der Waals surface area contributed by atoms with Gasteiger partial charge in [-0.1, -0.05) is 36.8 Å². The van der Waals surface area contributed by atoms with Gasteiger partial charge in [-0.15, -0.1) is 11.3 Å². The first-order chi connectivity index (χ1) is 14.9. The predicted octanol–water partition coefficient (Wildman–Crippen LogP) is 5.24. The van der Waals surface area contributed by atoms with Crippen molar-refractivity contribution in [2.45, 2.75) is 50.8 Å². The zero-order valence-corrected chi connectivity index (χ0v) is 20.0. The fraction of sp³-hybridized carbons (Fsp3) is 0.304. The van der Waals surface area contributed by atoms with E-state index in [4.69, 9.17) is 17.2 Å². The van der Waals surface area contributed by atoms with Crippen molar-refractivity contribution in [3.63, 3.8) is 0 Å². The number of hydrogen-bond acceptors (Lipinski definition) is 5. The van der Waals surface area contributed by atoms with Gasteiger partial charge in [-0.05, 0) is 80.6 Å². The number of fused-ring (bicyclic) bond motifs is 1. The lowest BCUT2D eigenvalue weighted by Crippen LogP contribution is -2.34. The number of anilines is 1. The van der Waals surface area contributed by atoms with Gasteiger partial charge in [0.2, 0.25) is 0 Å². The van der Waals surface area contributed by atoms with Gasteiger partial charge in [-0.2, -0.15) is 0 Å². The Morgan fingerprint density at radius 2 is 1.81 bits per heavy atom. The number of nitrogens with zero attached hydrogens (tertiary/aromatic N) is 1. The average Bonchev–Trinajstić information content (AvgIpc) is 3.16. The molecule has 0 aliphatic heterocycles. The van der Waals surface area contributed by atoms with E-state index in [1.807, 2.05) is 6.92 Å². The summed E-state index contributed by atoms with van der Waals surface area (Å²) in [5.74, 6) is 0. The molecule has 162 valence electrons. The van der Waals surface area contributed by atoms with Crippen LogP contribution in [0.25, 0.3) is 11.3 Å². The Kier molecular flexibility index (Phi) is 6.41. The maximum atomic E-state index is 12.6. The SMILES string of the molecule is CCc1sc(NC(=S)NS(=O)(=O)c2ccc(C)cc2)nc1-c1ccc2c(c1)CCCC2. The first kappa shape index (κ1) is 21.9. The molecule has 1 aliphatic rings. The molecule has 3 aromatic rings. The van der Waals surface area contributed by atoms with E-state index in [1.165, 1.54) is 35.3 Å². The van der Waals surface area contributed by atoms with Crippen LogP contribution < -0.4 is 10.0 Å². The molecule has 8 heteroatoms. The van der Waals surface area contributed by atoms with Crippen LogP contribution in [0.3, 0.4) is 0 Å². The van der Waals surface area contributed by atoms with Crippen molar-refractivity contribution in [3.05, 3.63) is 64.0 Å². The van der Waals surface area contributed by atoms with Gasteiger partial charge in [0.15, 0.2) is 10.2 Å². The number of aromatic nitrogens is 1. The Morgan fingerprint density at radius 3 is 2.52 bits per heavy atom. The molecule has 2 aromatic carbocycles. The third kappa shape index (κ3) is 4.97. The predicted molar refractivity (Wildman–Crippen MR) is 131 cm³/mol. The molecule has 0 fully saturated rings. The summed E-state index contributed by atoms with van der Waals surface area (Å²) in [5, 5.41) is 3.55. The van der Waals surface area contributed by atoms with Gasteiger partial charge in [0.25, 0.3) is 10.0 Å². The highest BCUT2D eigenvalue weighted by molar-refractivity contribution is 7.92. The summed E-state index contributed by atoms with van der Waals surface area (Å²) < 4.78 is 27.6. The number of hydrogen-bond donors (Lipinski definition) is 2. The molecule has 0 unspecified atom stereocenters. The van der Waals surface area contributed by atoms with Gasteiger partial charge in [0, 0.05) is 10.4 Å². The second-order valence-electron chi connectivity index (χ2n) is 7.71. The highest BCUT2D eigenvalue weighted by Gasteiger charge is 2.18. The number of aryl methyl sites for hydroxylation is 4. The summed E-state index contributed by atoms with van der Waals surface area (Å²) in [5.41, 5.74) is 5.88. The summed E-state index contributed by atoms with van der Waals surface area (Å²) in [7, 11) is -3.74. The smallest absolute Gasteiger partial charge is 0.263 e. The first-order valence-corrected chi connectivity index (χ1v) is 13.1. The van der Waals surface area contributed by atoms with Crippen LogP contribution in [0.15, 0.2) is 47.4 Å². The van der Waals surface area contributed by atoms with E-state index in [-0.39, 0.29) is 10.0 Å². The Hall–Kier alpha value is -2.29. The van der Waals surface area contributed by atoms with E-state index in [0.29, 0.717) is 5.13 Å². The van der Waals surface area contributed by atoms with E-state index < -0.39 is 10.0 Å². The monoisotopic (exact) mass is 471 g/mol. The fourth-order valence-electron chi connectivity index (χ4n) is 3.77. The molecule has 0 amide bonds. The lowest BCUT2D eigenvalue weighted by molar-refractivity contribution is 0.593. The molecule has 0 spiro atoms.